The number of hydrogen-bond donors (Lipinski definition) is 0. The lowest BCUT2D eigenvalue weighted by atomic mass is 10.1. The van der Waals surface area contributed by atoms with Crippen LogP contribution < -0.4 is 15.2 Å². The summed E-state index contributed by atoms with van der Waals surface area (Å²) in [5, 5.41) is 8.64. The van der Waals surface area contributed by atoms with E-state index in [-0.39, 0.29) is 5.56 Å². The molecule has 0 aromatic carbocycles. The van der Waals surface area contributed by atoms with Gasteiger partial charge in [0.2, 0.25) is 5.88 Å². The third kappa shape index (κ3) is 4.62. The molecule has 0 spiro atoms. The van der Waals surface area contributed by atoms with Gasteiger partial charge in [0.15, 0.2) is 0 Å². The van der Waals surface area contributed by atoms with E-state index in [0.717, 1.165) is 29.9 Å². The Kier molecular flexibility index (Phi) is 5.80. The van der Waals surface area contributed by atoms with E-state index < -0.39 is 0 Å². The summed E-state index contributed by atoms with van der Waals surface area (Å²) < 4.78 is 9.20. The van der Waals surface area contributed by atoms with Gasteiger partial charge in [-0.25, -0.2) is 4.68 Å². The van der Waals surface area contributed by atoms with Crippen molar-refractivity contribution in [3.05, 3.63) is 63.3 Å². The van der Waals surface area contributed by atoms with E-state index in [1.165, 1.54) is 10.2 Å². The van der Waals surface area contributed by atoms with Crippen molar-refractivity contribution in [2.75, 3.05) is 25.6 Å². The fourth-order valence-corrected chi connectivity index (χ4v) is 4.07. The second-order valence-electron chi connectivity index (χ2n) is 8.62. The largest absolute Gasteiger partial charge is 0.476 e. The van der Waals surface area contributed by atoms with Crippen LogP contribution in [0.2, 0.25) is 0 Å². The summed E-state index contributed by atoms with van der Waals surface area (Å²) in [6.07, 6.45) is 6.19. The molecule has 3 aromatic heterocycles. The van der Waals surface area contributed by atoms with Crippen LogP contribution in [0.1, 0.15) is 34.7 Å². The summed E-state index contributed by atoms with van der Waals surface area (Å²) >= 11 is 0. The Morgan fingerprint density at radius 3 is 2.61 bits per heavy atom. The van der Waals surface area contributed by atoms with Crippen molar-refractivity contribution in [1.82, 2.24) is 24.5 Å². The third-order valence-electron chi connectivity index (χ3n) is 5.86. The number of rotatable bonds is 8. The van der Waals surface area contributed by atoms with Crippen molar-refractivity contribution in [2.24, 2.45) is 20.0 Å². The molecule has 0 radical (unpaired) electrons. The number of anilines is 1. The van der Waals surface area contributed by atoms with Crippen molar-refractivity contribution in [1.29, 1.82) is 0 Å². The zero-order valence-corrected chi connectivity index (χ0v) is 18.9. The molecule has 8 heteroatoms. The first-order valence-electron chi connectivity index (χ1n) is 10.6. The molecule has 0 bridgehead atoms. The van der Waals surface area contributed by atoms with Crippen LogP contribution >= 0.6 is 0 Å². The molecule has 0 amide bonds. The van der Waals surface area contributed by atoms with Crippen molar-refractivity contribution in [3.63, 3.8) is 0 Å². The molecule has 1 fully saturated rings. The van der Waals surface area contributed by atoms with Gasteiger partial charge in [0.1, 0.15) is 5.82 Å². The van der Waals surface area contributed by atoms with Crippen molar-refractivity contribution in [2.45, 2.75) is 32.1 Å². The second-order valence-corrected chi connectivity index (χ2v) is 8.62. The van der Waals surface area contributed by atoms with Crippen LogP contribution in [0, 0.1) is 12.8 Å². The Bertz CT molecular complexity index is 1120. The first-order chi connectivity index (χ1) is 14.8. The molecule has 8 nitrogen and oxygen atoms in total. The predicted octanol–water partition coefficient (Wildman–Crippen LogP) is 2.25. The highest BCUT2D eigenvalue weighted by Crippen LogP contribution is 2.46. The van der Waals surface area contributed by atoms with E-state index in [4.69, 9.17) is 4.74 Å². The molecule has 1 aliphatic rings. The van der Waals surface area contributed by atoms with Gasteiger partial charge in [-0.2, -0.15) is 5.10 Å². The Morgan fingerprint density at radius 2 is 1.90 bits per heavy atom. The minimum absolute atomic E-state index is 0.0872. The molecule has 1 aliphatic carbocycles. The average Bonchev–Trinajstić information content (AvgIpc) is 3.41. The molecule has 0 N–H and O–H groups in total. The molecule has 4 rings (SSSR count). The molecule has 2 atom stereocenters. The highest BCUT2D eigenvalue weighted by molar-refractivity contribution is 5.45. The average molecular weight is 423 g/mol. The number of aromatic nitrogens is 5. The van der Waals surface area contributed by atoms with Crippen LogP contribution in [-0.4, -0.2) is 45.2 Å². The monoisotopic (exact) mass is 422 g/mol. The van der Waals surface area contributed by atoms with Gasteiger partial charge in [-0.3, -0.25) is 14.5 Å². The Balaban J connectivity index is 1.40. The van der Waals surface area contributed by atoms with Crippen molar-refractivity contribution >= 4 is 5.82 Å². The van der Waals surface area contributed by atoms with E-state index in [9.17, 15) is 4.79 Å². The Hall–Kier alpha value is -3.16. The van der Waals surface area contributed by atoms with Crippen LogP contribution in [-0.2, 0) is 26.9 Å². The summed E-state index contributed by atoms with van der Waals surface area (Å²) in [4.78, 5) is 19.2. The van der Waals surface area contributed by atoms with Crippen molar-refractivity contribution in [3.8, 4) is 5.88 Å². The first kappa shape index (κ1) is 21.1. The maximum atomic E-state index is 12.6. The maximum absolute atomic E-state index is 12.6. The SMILES string of the molecule is Cc1ccc([C@H]2C[C@@H]2COc2cc(CCc3cnn(C)c3N(C)C)c(=O)n(C)n2)nc1. The molecule has 3 heterocycles. The van der Waals surface area contributed by atoms with Crippen LogP contribution in [0.5, 0.6) is 5.88 Å². The molecule has 0 saturated heterocycles. The highest BCUT2D eigenvalue weighted by atomic mass is 16.5. The number of hydrogen-bond acceptors (Lipinski definition) is 6. The summed E-state index contributed by atoms with van der Waals surface area (Å²) in [7, 11) is 7.59. The molecule has 3 aromatic rings. The number of aryl methyl sites for hydroxylation is 5. The van der Waals surface area contributed by atoms with E-state index >= 15 is 0 Å². The first-order valence-corrected chi connectivity index (χ1v) is 10.6. The summed E-state index contributed by atoms with van der Waals surface area (Å²) in [5.74, 6) is 2.43. The van der Waals surface area contributed by atoms with Gasteiger partial charge in [-0.1, -0.05) is 6.07 Å². The van der Waals surface area contributed by atoms with Crippen LogP contribution in [0.15, 0.2) is 35.4 Å². The van der Waals surface area contributed by atoms with Crippen LogP contribution in [0.4, 0.5) is 5.82 Å². The van der Waals surface area contributed by atoms with E-state index in [1.54, 1.807) is 13.1 Å². The molecule has 164 valence electrons. The van der Waals surface area contributed by atoms with E-state index in [0.29, 0.717) is 36.3 Å². The highest BCUT2D eigenvalue weighted by Gasteiger charge is 2.40. The van der Waals surface area contributed by atoms with Crippen LogP contribution in [0.3, 0.4) is 0 Å². The van der Waals surface area contributed by atoms with Gasteiger partial charge in [-0.05, 0) is 37.8 Å². The Labute approximate surface area is 182 Å². The smallest absolute Gasteiger partial charge is 0.269 e. The predicted molar refractivity (Wildman–Crippen MR) is 120 cm³/mol. The van der Waals surface area contributed by atoms with Gasteiger partial charge in [0.05, 0.1) is 12.8 Å². The standard InChI is InChI=1S/C23H30N6O2/c1-15-6-9-20(24-12-15)19-10-18(19)14-31-21-11-16(23(30)29(5)26-21)7-8-17-13-25-28(4)22(17)27(2)3/h6,9,11-13,18-19H,7-8,10,14H2,1-5H3/t18-,19+/m1/s1. The zero-order valence-electron chi connectivity index (χ0n) is 18.9. The number of nitrogens with zero attached hydrogens (tertiary/aromatic N) is 6. The van der Waals surface area contributed by atoms with Gasteiger partial charge < -0.3 is 9.64 Å². The van der Waals surface area contributed by atoms with Crippen LogP contribution in [0.25, 0.3) is 0 Å². The molecule has 1 saturated carbocycles. The summed E-state index contributed by atoms with van der Waals surface area (Å²) in [5.41, 5.74) is 4.02. The molecule has 0 aliphatic heterocycles. The Morgan fingerprint density at radius 1 is 1.13 bits per heavy atom. The molecular weight excluding hydrogens is 392 g/mol. The summed E-state index contributed by atoms with van der Waals surface area (Å²) in [6, 6.07) is 5.99. The number of pyridine rings is 1. The lowest BCUT2D eigenvalue weighted by Crippen LogP contribution is -2.24. The lowest BCUT2D eigenvalue weighted by Gasteiger charge is -2.15. The van der Waals surface area contributed by atoms with Gasteiger partial charge in [0.25, 0.3) is 5.56 Å². The zero-order chi connectivity index (χ0) is 22.1. The van der Waals surface area contributed by atoms with E-state index in [2.05, 4.69) is 27.3 Å². The third-order valence-corrected chi connectivity index (χ3v) is 5.86. The second kappa shape index (κ2) is 8.53. The molecular formula is C23H30N6O2. The lowest BCUT2D eigenvalue weighted by molar-refractivity contribution is 0.277. The van der Waals surface area contributed by atoms with E-state index in [1.807, 2.05) is 50.0 Å². The fraction of sp³-hybridized carbons (Fsp3) is 0.478. The summed E-state index contributed by atoms with van der Waals surface area (Å²) in [6.45, 7) is 2.63. The fourth-order valence-electron chi connectivity index (χ4n) is 4.07. The number of ether oxygens (including phenoxy) is 1. The minimum Gasteiger partial charge on any atom is -0.476 e. The quantitative estimate of drug-likeness (QED) is 0.554. The maximum Gasteiger partial charge on any atom is 0.269 e. The molecule has 0 unspecified atom stereocenters. The normalized spacial score (nSPS) is 17.6. The minimum atomic E-state index is -0.0872. The topological polar surface area (TPSA) is 78.1 Å². The molecule has 31 heavy (non-hydrogen) atoms. The van der Waals surface area contributed by atoms with Gasteiger partial charge >= 0.3 is 0 Å². The van der Waals surface area contributed by atoms with Gasteiger partial charge in [0, 0.05) is 69.1 Å². The van der Waals surface area contributed by atoms with Gasteiger partial charge in [-0.15, -0.1) is 5.10 Å². The van der Waals surface area contributed by atoms with Crippen molar-refractivity contribution < 1.29 is 4.74 Å².